The molecule has 166 valence electrons. The van der Waals surface area contributed by atoms with E-state index in [0.717, 1.165) is 35.6 Å². The van der Waals surface area contributed by atoms with E-state index < -0.39 is 10.0 Å². The summed E-state index contributed by atoms with van der Waals surface area (Å²) in [7, 11) is -2.22. The summed E-state index contributed by atoms with van der Waals surface area (Å²) in [6.07, 6.45) is 3.21. The second kappa shape index (κ2) is 8.97. The van der Waals surface area contributed by atoms with E-state index in [0.29, 0.717) is 17.9 Å². The Morgan fingerprint density at radius 2 is 1.75 bits per heavy atom. The molecule has 2 aromatic carbocycles. The summed E-state index contributed by atoms with van der Waals surface area (Å²) in [6, 6.07) is 16.2. The summed E-state index contributed by atoms with van der Waals surface area (Å²) in [6.45, 7) is 2.65. The summed E-state index contributed by atoms with van der Waals surface area (Å²) in [5.74, 6) is 0.763. The van der Waals surface area contributed by atoms with Gasteiger partial charge in [-0.2, -0.15) is 0 Å². The third-order valence-corrected chi connectivity index (χ3v) is 6.82. The molecule has 8 nitrogen and oxygen atoms in total. The molecule has 4 rings (SSSR count). The normalized spacial score (nSPS) is 13.9. The largest absolute Gasteiger partial charge is 0.354 e. The highest BCUT2D eigenvalue weighted by atomic mass is 32.2. The van der Waals surface area contributed by atoms with E-state index in [1.54, 1.807) is 35.4 Å². The Morgan fingerprint density at radius 3 is 2.44 bits per heavy atom. The van der Waals surface area contributed by atoms with Gasteiger partial charge in [-0.1, -0.05) is 12.1 Å². The van der Waals surface area contributed by atoms with Crippen LogP contribution in [0.1, 0.15) is 18.4 Å². The average Bonchev–Trinajstić information content (AvgIpc) is 3.23. The molecule has 1 fully saturated rings. The van der Waals surface area contributed by atoms with E-state index in [1.807, 2.05) is 37.3 Å². The van der Waals surface area contributed by atoms with Crippen molar-refractivity contribution in [2.75, 3.05) is 29.1 Å². The molecular formula is C23H25N5O3S. The van der Waals surface area contributed by atoms with Gasteiger partial charge in [0.25, 0.3) is 0 Å². The zero-order valence-electron chi connectivity index (χ0n) is 17.9. The molecule has 1 aliphatic heterocycles. The average molecular weight is 452 g/mol. The number of anilines is 5. The van der Waals surface area contributed by atoms with Gasteiger partial charge in [0.1, 0.15) is 10.7 Å². The van der Waals surface area contributed by atoms with E-state index in [9.17, 15) is 13.2 Å². The number of para-hydroxylation sites is 1. The van der Waals surface area contributed by atoms with E-state index >= 15 is 0 Å². The van der Waals surface area contributed by atoms with E-state index in [2.05, 4.69) is 20.3 Å². The standard InChI is InChI=1S/C23H25N5O3S/c1-16-15-25-22(26-17-9-11-18(12-10-17)28-13-5-8-23(28)29)14-20(16)27-19-6-3-4-7-21(19)32(30,31)24-2/h3-4,6-7,9-12,14-15,24H,5,8,13H2,1-2H3,(H2,25,26,27). The molecule has 32 heavy (non-hydrogen) atoms. The first-order valence-electron chi connectivity index (χ1n) is 10.3. The summed E-state index contributed by atoms with van der Waals surface area (Å²) >= 11 is 0. The summed E-state index contributed by atoms with van der Waals surface area (Å²) in [5, 5.41) is 6.47. The molecule has 0 unspecified atom stereocenters. The fourth-order valence-corrected chi connectivity index (χ4v) is 4.47. The molecule has 0 radical (unpaired) electrons. The zero-order chi connectivity index (χ0) is 22.7. The van der Waals surface area contributed by atoms with Crippen LogP contribution in [0.2, 0.25) is 0 Å². The van der Waals surface area contributed by atoms with Crippen LogP contribution in [0.15, 0.2) is 65.7 Å². The van der Waals surface area contributed by atoms with Crippen molar-refractivity contribution in [3.63, 3.8) is 0 Å². The molecule has 3 N–H and O–H groups in total. The third kappa shape index (κ3) is 4.58. The number of hydrogen-bond donors (Lipinski definition) is 3. The second-order valence-electron chi connectivity index (χ2n) is 7.53. The molecule has 0 atom stereocenters. The maximum atomic E-state index is 12.3. The monoisotopic (exact) mass is 451 g/mol. The van der Waals surface area contributed by atoms with Gasteiger partial charge in [-0.25, -0.2) is 18.1 Å². The fourth-order valence-electron chi connectivity index (χ4n) is 3.58. The molecule has 9 heteroatoms. The highest BCUT2D eigenvalue weighted by molar-refractivity contribution is 7.89. The van der Waals surface area contributed by atoms with Crippen LogP contribution >= 0.6 is 0 Å². The minimum absolute atomic E-state index is 0.155. The molecule has 2 heterocycles. The highest BCUT2D eigenvalue weighted by Gasteiger charge is 2.21. The molecule has 0 aliphatic carbocycles. The smallest absolute Gasteiger partial charge is 0.242 e. The van der Waals surface area contributed by atoms with Crippen molar-refractivity contribution in [1.82, 2.24) is 9.71 Å². The lowest BCUT2D eigenvalue weighted by Crippen LogP contribution is -2.23. The Morgan fingerprint density at radius 1 is 1.00 bits per heavy atom. The minimum Gasteiger partial charge on any atom is -0.354 e. The lowest BCUT2D eigenvalue weighted by Gasteiger charge is -2.17. The Labute approximate surface area is 187 Å². The minimum atomic E-state index is -3.61. The number of nitrogens with zero attached hydrogens (tertiary/aromatic N) is 2. The van der Waals surface area contributed by atoms with Gasteiger partial charge in [0.05, 0.1) is 5.69 Å². The number of pyridine rings is 1. The van der Waals surface area contributed by atoms with Gasteiger partial charge in [-0.05, 0) is 62.4 Å². The SMILES string of the molecule is CNS(=O)(=O)c1ccccc1Nc1cc(Nc2ccc(N3CCCC3=O)cc2)ncc1C. The summed E-state index contributed by atoms with van der Waals surface area (Å²) in [4.78, 5) is 18.3. The Bertz CT molecular complexity index is 1240. The number of nitrogens with one attached hydrogen (secondary N) is 3. The molecule has 0 bridgehead atoms. The predicted octanol–water partition coefficient (Wildman–Crippen LogP) is 3.91. The van der Waals surface area contributed by atoms with Crippen molar-refractivity contribution in [2.24, 2.45) is 0 Å². The molecule has 1 amide bonds. The molecular weight excluding hydrogens is 426 g/mol. The fraction of sp³-hybridized carbons (Fsp3) is 0.217. The number of benzene rings is 2. The first-order chi connectivity index (χ1) is 15.4. The maximum absolute atomic E-state index is 12.3. The lowest BCUT2D eigenvalue weighted by atomic mass is 10.2. The second-order valence-corrected chi connectivity index (χ2v) is 9.39. The molecule has 1 aromatic heterocycles. The van der Waals surface area contributed by atoms with Crippen LogP contribution in [-0.2, 0) is 14.8 Å². The number of carbonyl (C=O) groups excluding carboxylic acids is 1. The number of rotatable bonds is 7. The number of sulfonamides is 1. The third-order valence-electron chi connectivity index (χ3n) is 5.34. The Hall–Kier alpha value is -3.43. The van der Waals surface area contributed by atoms with E-state index in [-0.39, 0.29) is 10.8 Å². The van der Waals surface area contributed by atoms with Crippen LogP contribution in [0, 0.1) is 6.92 Å². The lowest BCUT2D eigenvalue weighted by molar-refractivity contribution is -0.117. The van der Waals surface area contributed by atoms with Gasteiger partial charge in [-0.3, -0.25) is 4.79 Å². The van der Waals surface area contributed by atoms with Gasteiger partial charge < -0.3 is 15.5 Å². The quantitative estimate of drug-likeness (QED) is 0.503. The number of aryl methyl sites for hydroxylation is 1. The van der Waals surface area contributed by atoms with Crippen molar-refractivity contribution in [3.8, 4) is 0 Å². The van der Waals surface area contributed by atoms with Gasteiger partial charge >= 0.3 is 0 Å². The van der Waals surface area contributed by atoms with Crippen molar-refractivity contribution in [2.45, 2.75) is 24.7 Å². The van der Waals surface area contributed by atoms with Gasteiger partial charge in [0, 0.05) is 42.3 Å². The number of aromatic nitrogens is 1. The van der Waals surface area contributed by atoms with Crippen LogP contribution in [0.3, 0.4) is 0 Å². The van der Waals surface area contributed by atoms with E-state index in [4.69, 9.17) is 0 Å². The predicted molar refractivity (Wildman–Crippen MR) is 126 cm³/mol. The van der Waals surface area contributed by atoms with Crippen LogP contribution in [-0.4, -0.2) is 32.9 Å². The number of amides is 1. The van der Waals surface area contributed by atoms with Crippen LogP contribution in [0.25, 0.3) is 0 Å². The Kier molecular flexibility index (Phi) is 6.11. The van der Waals surface area contributed by atoms with Crippen molar-refractivity contribution >= 4 is 44.5 Å². The van der Waals surface area contributed by atoms with Crippen LogP contribution in [0.5, 0.6) is 0 Å². The van der Waals surface area contributed by atoms with Crippen LogP contribution < -0.4 is 20.3 Å². The zero-order valence-corrected chi connectivity index (χ0v) is 18.7. The number of carbonyl (C=O) groups is 1. The van der Waals surface area contributed by atoms with Crippen molar-refractivity contribution in [3.05, 3.63) is 66.4 Å². The Balaban J connectivity index is 1.55. The number of hydrogen-bond acceptors (Lipinski definition) is 6. The maximum Gasteiger partial charge on any atom is 0.242 e. The molecule has 3 aromatic rings. The molecule has 1 saturated heterocycles. The summed E-state index contributed by atoms with van der Waals surface area (Å²) in [5.41, 5.74) is 3.80. The topological polar surface area (TPSA) is 103 Å². The first-order valence-corrected chi connectivity index (χ1v) is 11.8. The summed E-state index contributed by atoms with van der Waals surface area (Å²) < 4.78 is 27.0. The van der Waals surface area contributed by atoms with Gasteiger partial charge in [-0.15, -0.1) is 0 Å². The molecule has 0 saturated carbocycles. The van der Waals surface area contributed by atoms with Crippen LogP contribution in [0.4, 0.5) is 28.6 Å². The van der Waals surface area contributed by atoms with Gasteiger partial charge in [0.2, 0.25) is 15.9 Å². The molecule has 0 spiro atoms. The highest BCUT2D eigenvalue weighted by Crippen LogP contribution is 2.29. The van der Waals surface area contributed by atoms with Crippen molar-refractivity contribution in [1.29, 1.82) is 0 Å². The van der Waals surface area contributed by atoms with Crippen molar-refractivity contribution < 1.29 is 13.2 Å². The van der Waals surface area contributed by atoms with Gasteiger partial charge in [0.15, 0.2) is 0 Å². The van der Waals surface area contributed by atoms with E-state index in [1.165, 1.54) is 7.05 Å². The first kappa shape index (κ1) is 21.8. The molecule has 1 aliphatic rings.